The summed E-state index contributed by atoms with van der Waals surface area (Å²) in [5, 5.41) is 92.8. The van der Waals surface area contributed by atoms with Crippen molar-refractivity contribution in [1.29, 1.82) is 0 Å². The van der Waals surface area contributed by atoms with Gasteiger partial charge in [0.15, 0.2) is 0 Å². The van der Waals surface area contributed by atoms with Crippen LogP contribution in [0, 0.1) is 13.8 Å². The number of likely N-dealkylation sites (N-methyl/N-ethyl adjacent to an activating group) is 2. The van der Waals surface area contributed by atoms with Gasteiger partial charge in [0.25, 0.3) is 0 Å². The summed E-state index contributed by atoms with van der Waals surface area (Å²) >= 11 is 0. The summed E-state index contributed by atoms with van der Waals surface area (Å²) in [7, 11) is 1.69. The van der Waals surface area contributed by atoms with Crippen LogP contribution < -0.4 is 0 Å². The number of aliphatic hydroxyl groups is 8. The topological polar surface area (TPSA) is 254 Å². The van der Waals surface area contributed by atoms with E-state index in [1.807, 2.05) is 62.4 Å². The van der Waals surface area contributed by atoms with E-state index in [0.717, 1.165) is 22.3 Å². The Labute approximate surface area is 284 Å². The van der Waals surface area contributed by atoms with Crippen molar-refractivity contribution in [2.45, 2.75) is 90.9 Å². The van der Waals surface area contributed by atoms with Gasteiger partial charge >= 0.3 is 29.4 Å². The van der Waals surface area contributed by atoms with Crippen LogP contribution in [0.25, 0.3) is 0 Å². The van der Waals surface area contributed by atoms with Crippen molar-refractivity contribution < 1.29 is 71.4 Å². The molecule has 276 valence electrons. The standard InChI is InChI=1S/C14H22BNO6.C14H23NO5.2CH4.BHO3.H2/c1-9-3-5-10(6-4-9)7-16(2)14(19)13-12(11(18)8-17)21-15(20)22-13;1-9-3-5-10(6-4-9)7-15(2)14(20)13(19)12(18)11(17)8-16;;;2-1-4-3;/h3-6,11-14,17-20H,7-8H2,1-2H3;3-6,11-14,16-20H,7-8H2,1-2H3;2*1H4;3H;1H. The smallest absolute Gasteiger partial charge is 0 e. The largest absolute Gasteiger partial charge is 0 e. The minimum atomic E-state index is -1.62. The van der Waals surface area contributed by atoms with E-state index in [1.165, 1.54) is 4.90 Å². The predicted octanol–water partition coefficient (Wildman–Crippen LogP) is -1.36. The van der Waals surface area contributed by atoms with Gasteiger partial charge in [0, 0.05) is 14.5 Å². The van der Waals surface area contributed by atoms with Crippen LogP contribution in [0.1, 0.15) is 38.5 Å². The molecule has 2 aromatic carbocycles. The van der Waals surface area contributed by atoms with Crippen molar-refractivity contribution in [2.75, 3.05) is 27.3 Å². The van der Waals surface area contributed by atoms with Crippen LogP contribution >= 0.6 is 0 Å². The number of hydrogen-bond acceptors (Lipinski definition) is 16. The third-order valence-corrected chi connectivity index (χ3v) is 7.02. The quantitative estimate of drug-likeness (QED) is 0.0476. The van der Waals surface area contributed by atoms with Crippen LogP contribution in [0.4, 0.5) is 0 Å². The Kier molecular flexibility index (Phi) is 24.6. The Hall–Kier alpha value is -2.39. The SMILES string of the molecule is C.C.Cc1ccc(CN(C)C(O)C(O)C(O)C(O)CO)cc1.Cc1ccc(CN(C)C(O)C2OB(O)OC2C(O)CO)cc1.O=BOO.[HH]. The van der Waals surface area contributed by atoms with E-state index in [4.69, 9.17) is 29.5 Å². The third-order valence-electron chi connectivity index (χ3n) is 7.02. The monoisotopic (exact) mass is 690 g/mol. The summed E-state index contributed by atoms with van der Waals surface area (Å²) in [4.78, 5) is 5.93. The van der Waals surface area contributed by atoms with Crippen LogP contribution in [0.5, 0.6) is 0 Å². The zero-order valence-electron chi connectivity index (χ0n) is 26.2. The maximum atomic E-state index is 10.4. The molecule has 0 saturated carbocycles. The first-order valence-electron chi connectivity index (χ1n) is 14.2. The number of rotatable bonds is 14. The summed E-state index contributed by atoms with van der Waals surface area (Å²) in [6, 6.07) is 15.6. The first-order valence-corrected chi connectivity index (χ1v) is 14.2. The van der Waals surface area contributed by atoms with Crippen molar-refractivity contribution in [3.8, 4) is 0 Å². The molecule has 3 rings (SSSR count). The first kappa shape index (κ1) is 47.7. The molecule has 16 nitrogen and oxygen atoms in total. The molecule has 0 spiro atoms. The number of aryl methyl sites for hydroxylation is 2. The van der Waals surface area contributed by atoms with Crippen LogP contribution in [0.2, 0.25) is 0 Å². The van der Waals surface area contributed by atoms with Gasteiger partial charge in [-0.3, -0.25) is 9.80 Å². The Morgan fingerprint density at radius 1 is 0.792 bits per heavy atom. The van der Waals surface area contributed by atoms with Crippen LogP contribution in [-0.4, -0.2) is 152 Å². The van der Waals surface area contributed by atoms with E-state index in [1.54, 1.807) is 19.0 Å². The van der Waals surface area contributed by atoms with Gasteiger partial charge in [-0.1, -0.05) is 74.5 Å². The van der Waals surface area contributed by atoms with Crippen molar-refractivity contribution >= 4 is 14.7 Å². The summed E-state index contributed by atoms with van der Waals surface area (Å²) in [6.07, 6.45) is -10.4. The molecule has 0 radical (unpaired) electrons. The van der Waals surface area contributed by atoms with Gasteiger partial charge in [0.05, 0.1) is 13.2 Å². The van der Waals surface area contributed by atoms with E-state index in [9.17, 15) is 35.7 Å². The minimum Gasteiger partial charge on any atom is 0 e. The molecule has 1 aliphatic rings. The Morgan fingerprint density at radius 3 is 1.60 bits per heavy atom. The van der Waals surface area contributed by atoms with Gasteiger partial charge in [-0.25, -0.2) is 0 Å². The number of nitrogens with zero attached hydrogens (tertiary/aromatic N) is 2. The normalized spacial score (nSPS) is 19.1. The van der Waals surface area contributed by atoms with Gasteiger partial charge in [-0.2, -0.15) is 0 Å². The minimum absolute atomic E-state index is 0. The third kappa shape index (κ3) is 15.9. The molecule has 18 heteroatoms. The molecule has 48 heavy (non-hydrogen) atoms. The van der Waals surface area contributed by atoms with Crippen LogP contribution in [-0.2, 0) is 31.9 Å². The maximum absolute atomic E-state index is 10.4. The van der Waals surface area contributed by atoms with Gasteiger partial charge in [0.2, 0.25) is 0 Å². The van der Waals surface area contributed by atoms with E-state index in [0.29, 0.717) is 13.1 Å². The van der Waals surface area contributed by atoms with Gasteiger partial charge in [-0.15, -0.1) is 0 Å². The molecule has 1 fully saturated rings. The van der Waals surface area contributed by atoms with E-state index in [2.05, 4.69) is 4.81 Å². The Balaban J connectivity index is -0.000000740. The average molecular weight is 690 g/mol. The van der Waals surface area contributed by atoms with E-state index < -0.39 is 69.6 Å². The summed E-state index contributed by atoms with van der Waals surface area (Å²) in [5.74, 6) is 0. The average Bonchev–Trinajstić information content (AvgIpc) is 3.46. The summed E-state index contributed by atoms with van der Waals surface area (Å²) in [6.45, 7) is 3.56. The second-order valence-corrected chi connectivity index (χ2v) is 10.8. The molecule has 0 aromatic heterocycles. The number of aliphatic hydroxyl groups excluding tert-OH is 8. The fraction of sp³-hybridized carbons (Fsp3) is 0.600. The molecule has 8 atom stereocenters. The maximum Gasteiger partial charge on any atom is 0 e. The molecular weight excluding hydrogens is 634 g/mol. The summed E-state index contributed by atoms with van der Waals surface area (Å²) < 4.78 is 18.8. The molecule has 8 unspecified atom stereocenters. The van der Waals surface area contributed by atoms with Crippen molar-refractivity contribution in [1.82, 2.24) is 9.80 Å². The fourth-order valence-corrected chi connectivity index (χ4v) is 4.28. The fourth-order valence-electron chi connectivity index (χ4n) is 4.28. The van der Waals surface area contributed by atoms with Crippen LogP contribution in [0.3, 0.4) is 0 Å². The first-order chi connectivity index (χ1) is 21.7. The van der Waals surface area contributed by atoms with Crippen LogP contribution in [0.15, 0.2) is 48.5 Å². The molecule has 1 heterocycles. The molecule has 1 aliphatic heterocycles. The molecule has 1 saturated heterocycles. The zero-order valence-corrected chi connectivity index (χ0v) is 26.2. The zero-order chi connectivity index (χ0) is 35.0. The molecule has 0 bridgehead atoms. The molecular formula is C30H56B2N2O14. The van der Waals surface area contributed by atoms with Gasteiger partial charge in [-0.05, 0) is 39.1 Å². The molecule has 0 amide bonds. The summed E-state index contributed by atoms with van der Waals surface area (Å²) in [5.41, 5.74) is 4.22. The molecule has 2 aromatic rings. The van der Waals surface area contributed by atoms with Crippen molar-refractivity contribution in [3.63, 3.8) is 0 Å². The molecule has 0 aliphatic carbocycles. The second kappa shape index (κ2) is 24.7. The Bertz CT molecular complexity index is 1120. The number of benzene rings is 2. The van der Waals surface area contributed by atoms with Crippen molar-refractivity contribution in [3.05, 3.63) is 70.8 Å². The van der Waals surface area contributed by atoms with Crippen molar-refractivity contribution in [2.24, 2.45) is 0 Å². The van der Waals surface area contributed by atoms with E-state index >= 15 is 0 Å². The van der Waals surface area contributed by atoms with Gasteiger partial charge < -0.3 is 55.2 Å². The number of hydrogen-bond donors (Lipinski definition) is 10. The van der Waals surface area contributed by atoms with E-state index in [-0.39, 0.29) is 23.6 Å². The van der Waals surface area contributed by atoms with Gasteiger partial charge in [0.1, 0.15) is 49.1 Å². The predicted molar refractivity (Wildman–Crippen MR) is 179 cm³/mol. The Morgan fingerprint density at radius 2 is 1.21 bits per heavy atom. The molecule has 10 N–H and O–H groups in total. The second-order valence-electron chi connectivity index (χ2n) is 10.8.